The summed E-state index contributed by atoms with van der Waals surface area (Å²) in [7, 11) is -0.284. The molecule has 0 saturated heterocycles. The lowest BCUT2D eigenvalue weighted by atomic mass is 9.93. The zero-order chi connectivity index (χ0) is 17.5. The molecule has 5 nitrogen and oxygen atoms in total. The molecule has 3 rings (SSSR count). The number of benzene rings is 1. The monoisotopic (exact) mass is 371 g/mol. The first-order chi connectivity index (χ1) is 11.3. The normalized spacial score (nSPS) is 18.0. The van der Waals surface area contributed by atoms with Crippen molar-refractivity contribution in [2.24, 2.45) is 7.05 Å². The third-order valence-electron chi connectivity index (χ3n) is 4.57. The summed E-state index contributed by atoms with van der Waals surface area (Å²) in [6.07, 6.45) is 4.24. The molecule has 1 aliphatic rings. The molecule has 0 spiro atoms. The molecule has 0 amide bonds. The smallest absolute Gasteiger partial charge is 0.218 e. The molecular formula is C16H19ClFN3O2S. The van der Waals surface area contributed by atoms with Crippen LogP contribution in [0.1, 0.15) is 35.7 Å². The molecule has 0 saturated carbocycles. The topological polar surface area (TPSA) is 55.2 Å². The lowest BCUT2D eigenvalue weighted by Crippen LogP contribution is -2.34. The van der Waals surface area contributed by atoms with E-state index in [-0.39, 0.29) is 11.6 Å². The fourth-order valence-corrected chi connectivity index (χ4v) is 4.83. The zero-order valence-electron chi connectivity index (χ0n) is 13.5. The average Bonchev–Trinajstić information content (AvgIpc) is 2.91. The molecule has 1 aliphatic carbocycles. The van der Waals surface area contributed by atoms with E-state index in [4.69, 9.17) is 11.6 Å². The molecule has 8 heteroatoms. The predicted molar refractivity (Wildman–Crippen MR) is 90.7 cm³/mol. The van der Waals surface area contributed by atoms with Gasteiger partial charge in [0.15, 0.2) is 0 Å². The number of sulfonamides is 1. The van der Waals surface area contributed by atoms with Crippen LogP contribution in [0.2, 0.25) is 5.02 Å². The highest BCUT2D eigenvalue weighted by Gasteiger charge is 2.33. The maximum absolute atomic E-state index is 13.9. The van der Waals surface area contributed by atoms with Crippen molar-refractivity contribution in [2.75, 3.05) is 7.05 Å². The van der Waals surface area contributed by atoms with E-state index in [1.165, 1.54) is 22.5 Å². The minimum Gasteiger partial charge on any atom is -0.272 e. The number of nitrogens with zero attached hydrogens (tertiary/aromatic N) is 3. The quantitative estimate of drug-likeness (QED) is 0.830. The average molecular weight is 372 g/mol. The molecule has 0 unspecified atom stereocenters. The van der Waals surface area contributed by atoms with Crippen LogP contribution >= 0.6 is 11.6 Å². The molecule has 1 atom stereocenters. The first-order valence-corrected chi connectivity index (χ1v) is 9.68. The van der Waals surface area contributed by atoms with Gasteiger partial charge in [0, 0.05) is 35.9 Å². The lowest BCUT2D eigenvalue weighted by Gasteiger charge is -2.30. The fraction of sp³-hybridized carbons (Fsp3) is 0.438. The van der Waals surface area contributed by atoms with Gasteiger partial charge in [-0.2, -0.15) is 9.40 Å². The standard InChI is InChI=1S/C16H19ClFN3O2S/c1-20-15-4-3-5-16(13(15)9-19-20)21(2)24(22,23)10-11-8-12(17)6-7-14(11)18/h6-9,16H,3-5,10H2,1-2H3/t16-/m1/s1. The van der Waals surface area contributed by atoms with Crippen molar-refractivity contribution in [1.82, 2.24) is 14.1 Å². The first-order valence-electron chi connectivity index (χ1n) is 7.70. The van der Waals surface area contributed by atoms with E-state index in [0.29, 0.717) is 5.02 Å². The predicted octanol–water partition coefficient (Wildman–Crippen LogP) is 3.05. The van der Waals surface area contributed by atoms with Gasteiger partial charge in [-0.3, -0.25) is 4.68 Å². The van der Waals surface area contributed by atoms with Crippen LogP contribution in [0.5, 0.6) is 0 Å². The summed E-state index contributed by atoms with van der Waals surface area (Å²) in [5.41, 5.74) is 2.07. The van der Waals surface area contributed by atoms with Crippen LogP contribution < -0.4 is 0 Å². The molecule has 24 heavy (non-hydrogen) atoms. The van der Waals surface area contributed by atoms with Crippen LogP contribution in [0.3, 0.4) is 0 Å². The van der Waals surface area contributed by atoms with Crippen LogP contribution in [0.25, 0.3) is 0 Å². The van der Waals surface area contributed by atoms with Gasteiger partial charge in [-0.15, -0.1) is 0 Å². The Balaban J connectivity index is 1.89. The van der Waals surface area contributed by atoms with Gasteiger partial charge in [0.2, 0.25) is 10.0 Å². The molecule has 0 aliphatic heterocycles. The van der Waals surface area contributed by atoms with E-state index in [0.717, 1.165) is 30.5 Å². The van der Waals surface area contributed by atoms with Crippen molar-refractivity contribution in [3.8, 4) is 0 Å². The fourth-order valence-electron chi connectivity index (χ4n) is 3.21. The van der Waals surface area contributed by atoms with Gasteiger partial charge in [0.1, 0.15) is 5.82 Å². The Morgan fingerprint density at radius 1 is 1.46 bits per heavy atom. The summed E-state index contributed by atoms with van der Waals surface area (Å²) in [4.78, 5) is 0. The summed E-state index contributed by atoms with van der Waals surface area (Å²) in [5.74, 6) is -0.982. The lowest BCUT2D eigenvalue weighted by molar-refractivity contribution is 0.334. The maximum atomic E-state index is 13.9. The van der Waals surface area contributed by atoms with Gasteiger partial charge >= 0.3 is 0 Å². The molecule has 130 valence electrons. The summed E-state index contributed by atoms with van der Waals surface area (Å²) < 4.78 is 42.6. The minimum atomic E-state index is -3.69. The van der Waals surface area contributed by atoms with E-state index in [1.54, 1.807) is 17.9 Å². The summed E-state index contributed by atoms with van der Waals surface area (Å²) in [6.45, 7) is 0. The van der Waals surface area contributed by atoms with Crippen molar-refractivity contribution in [3.05, 3.63) is 52.1 Å². The second-order valence-corrected chi connectivity index (χ2v) is 8.55. The van der Waals surface area contributed by atoms with E-state index >= 15 is 0 Å². The molecule has 0 N–H and O–H groups in total. The molecule has 0 radical (unpaired) electrons. The Morgan fingerprint density at radius 3 is 2.96 bits per heavy atom. The van der Waals surface area contributed by atoms with Gasteiger partial charge in [-0.05, 0) is 37.5 Å². The number of hydrogen-bond donors (Lipinski definition) is 0. The SMILES string of the molecule is CN([C@@H]1CCCc2c1cnn2C)S(=O)(=O)Cc1cc(Cl)ccc1F. The summed E-state index contributed by atoms with van der Waals surface area (Å²) in [6, 6.07) is 3.68. The van der Waals surface area contributed by atoms with Crippen LogP contribution in [0, 0.1) is 5.82 Å². The number of halogens is 2. The van der Waals surface area contributed by atoms with Gasteiger partial charge in [0.05, 0.1) is 18.0 Å². The second kappa shape index (κ2) is 6.46. The van der Waals surface area contributed by atoms with Crippen molar-refractivity contribution < 1.29 is 12.8 Å². The van der Waals surface area contributed by atoms with Crippen LogP contribution in [-0.2, 0) is 29.2 Å². The Kier molecular flexibility index (Phi) is 4.68. The second-order valence-electron chi connectivity index (χ2n) is 6.09. The highest BCUT2D eigenvalue weighted by Crippen LogP contribution is 2.35. The maximum Gasteiger partial charge on any atom is 0.218 e. The Morgan fingerprint density at radius 2 is 2.21 bits per heavy atom. The molecule has 2 aromatic rings. The van der Waals surface area contributed by atoms with Crippen LogP contribution in [0.4, 0.5) is 4.39 Å². The van der Waals surface area contributed by atoms with Crippen molar-refractivity contribution in [3.63, 3.8) is 0 Å². The van der Waals surface area contributed by atoms with E-state index in [1.807, 2.05) is 7.05 Å². The summed E-state index contributed by atoms with van der Waals surface area (Å²) >= 11 is 5.86. The Hall–Kier alpha value is -1.44. The number of aryl methyl sites for hydroxylation is 1. The molecule has 0 fully saturated rings. The molecule has 1 heterocycles. The van der Waals surface area contributed by atoms with Crippen LogP contribution in [-0.4, -0.2) is 29.6 Å². The highest BCUT2D eigenvalue weighted by atomic mass is 35.5. The van der Waals surface area contributed by atoms with E-state index in [9.17, 15) is 12.8 Å². The van der Waals surface area contributed by atoms with Crippen molar-refractivity contribution in [1.29, 1.82) is 0 Å². The minimum absolute atomic E-state index is 0.0802. The van der Waals surface area contributed by atoms with E-state index < -0.39 is 21.6 Å². The van der Waals surface area contributed by atoms with Gasteiger partial charge in [-0.25, -0.2) is 12.8 Å². The van der Waals surface area contributed by atoms with Gasteiger partial charge < -0.3 is 0 Å². The molecule has 0 bridgehead atoms. The van der Waals surface area contributed by atoms with Crippen LogP contribution in [0.15, 0.2) is 24.4 Å². The van der Waals surface area contributed by atoms with Gasteiger partial charge in [0.25, 0.3) is 0 Å². The zero-order valence-corrected chi connectivity index (χ0v) is 15.1. The van der Waals surface area contributed by atoms with Gasteiger partial charge in [-0.1, -0.05) is 11.6 Å². The van der Waals surface area contributed by atoms with E-state index in [2.05, 4.69) is 5.10 Å². The number of hydrogen-bond acceptors (Lipinski definition) is 3. The summed E-state index contributed by atoms with van der Waals surface area (Å²) in [5, 5.41) is 4.56. The Bertz CT molecular complexity index is 866. The number of fused-ring (bicyclic) bond motifs is 1. The third kappa shape index (κ3) is 3.20. The number of aromatic nitrogens is 2. The third-order valence-corrected chi connectivity index (χ3v) is 6.61. The molecule has 1 aromatic carbocycles. The Labute approximate surface area is 146 Å². The largest absolute Gasteiger partial charge is 0.272 e. The van der Waals surface area contributed by atoms with Crippen molar-refractivity contribution >= 4 is 21.6 Å². The first kappa shape index (κ1) is 17.4. The molecular weight excluding hydrogens is 353 g/mol. The highest BCUT2D eigenvalue weighted by molar-refractivity contribution is 7.88. The molecule has 1 aromatic heterocycles. The van der Waals surface area contributed by atoms with Crippen molar-refractivity contribution in [2.45, 2.75) is 31.1 Å². The number of rotatable bonds is 4.